The smallest absolute Gasteiger partial charge is 0.287 e. The van der Waals surface area contributed by atoms with E-state index in [1.807, 2.05) is 6.92 Å². The zero-order valence-electron chi connectivity index (χ0n) is 3.81. The van der Waals surface area contributed by atoms with Gasteiger partial charge in [-0.25, -0.2) is 4.42 Å². The summed E-state index contributed by atoms with van der Waals surface area (Å²) in [4.78, 5) is 0. The number of hydrogen-bond acceptors (Lipinski definition) is 1. The highest BCUT2D eigenvalue weighted by Crippen LogP contribution is 1.71. The summed E-state index contributed by atoms with van der Waals surface area (Å²) in [6, 6.07) is 0. The molecule has 0 heterocycles. The van der Waals surface area contributed by atoms with Gasteiger partial charge in [-0.2, -0.15) is 0 Å². The zero-order valence-corrected chi connectivity index (χ0v) is 3.81. The van der Waals surface area contributed by atoms with Crippen molar-refractivity contribution >= 4 is 6.79 Å². The highest BCUT2D eigenvalue weighted by Gasteiger charge is 1.84. The Kier molecular flexibility index (Phi) is 4.34. The average Bonchev–Trinajstić information content (AvgIpc) is 1.61. The van der Waals surface area contributed by atoms with Crippen LogP contribution in [-0.2, 0) is 9.16 Å². The molecule has 0 aliphatic rings. The van der Waals surface area contributed by atoms with Gasteiger partial charge in [-0.15, -0.1) is 0 Å². The molecule has 0 fully saturated rings. The summed E-state index contributed by atoms with van der Waals surface area (Å²) in [5.74, 6) is 0. The molecule has 0 spiro atoms. The maximum absolute atomic E-state index is 4.57. The van der Waals surface area contributed by atoms with Crippen molar-refractivity contribution < 1.29 is 9.16 Å². The third-order valence-corrected chi connectivity index (χ3v) is 0.303. The summed E-state index contributed by atoms with van der Waals surface area (Å²) in [7, 11) is 0. The predicted molar refractivity (Wildman–Crippen MR) is 23.0 cm³/mol. The van der Waals surface area contributed by atoms with E-state index >= 15 is 0 Å². The number of carbonyl (C=O) groups excluding carboxylic acids is 1. The normalized spacial score (nSPS) is 8.17. The molecule has 0 aliphatic carbocycles. The van der Waals surface area contributed by atoms with E-state index in [1.54, 1.807) is 0 Å². The Morgan fingerprint density at radius 2 is 2.67 bits per heavy atom. The van der Waals surface area contributed by atoms with Gasteiger partial charge < -0.3 is 0 Å². The van der Waals surface area contributed by atoms with Gasteiger partial charge in [0.15, 0.2) is 0 Å². The van der Waals surface area contributed by atoms with Crippen molar-refractivity contribution in [1.82, 2.24) is 0 Å². The summed E-state index contributed by atoms with van der Waals surface area (Å²) in [5.41, 5.74) is 0. The second-order valence-corrected chi connectivity index (χ2v) is 0.718. The zero-order chi connectivity index (χ0) is 4.83. The van der Waals surface area contributed by atoms with Crippen molar-refractivity contribution in [2.45, 2.75) is 6.92 Å². The summed E-state index contributed by atoms with van der Waals surface area (Å²) >= 11 is 0. The van der Waals surface area contributed by atoms with E-state index in [9.17, 15) is 0 Å². The van der Waals surface area contributed by atoms with Crippen LogP contribution in [0.2, 0.25) is 0 Å². The second-order valence-electron chi connectivity index (χ2n) is 0.718. The van der Waals surface area contributed by atoms with Crippen LogP contribution in [0.3, 0.4) is 0 Å². The van der Waals surface area contributed by atoms with Crippen LogP contribution >= 0.6 is 0 Å². The van der Waals surface area contributed by atoms with E-state index in [0.29, 0.717) is 6.61 Å². The number of rotatable bonds is 3. The molecule has 0 N–H and O–H groups in total. The molecule has 0 aromatic rings. The molecule has 0 amide bonds. The highest BCUT2D eigenvalue weighted by molar-refractivity contribution is 5.12. The largest absolute Gasteiger partial charge is 0.498 e. The van der Waals surface area contributed by atoms with Crippen molar-refractivity contribution in [2.75, 3.05) is 6.61 Å². The first-order valence-corrected chi connectivity index (χ1v) is 1.76. The Bertz CT molecular complexity index is 34.5. The van der Waals surface area contributed by atoms with Crippen LogP contribution in [-0.4, -0.2) is 13.4 Å². The summed E-state index contributed by atoms with van der Waals surface area (Å²) < 4.78 is 8.76. The van der Waals surface area contributed by atoms with Gasteiger partial charge in [0.25, 0.3) is 6.79 Å². The minimum atomic E-state index is 0.634. The molecule has 1 radical (unpaired) electrons. The van der Waals surface area contributed by atoms with Gasteiger partial charge in [0.05, 0.1) is 6.61 Å². The minimum Gasteiger partial charge on any atom is -0.287 e. The van der Waals surface area contributed by atoms with Gasteiger partial charge in [-0.1, -0.05) is 0 Å². The minimum absolute atomic E-state index is 0.634. The highest BCUT2D eigenvalue weighted by atomic mass is 16.6. The SMILES string of the molecule is C=[O+][CH]OCC. The number of hydrogen-bond donors (Lipinski definition) is 0. The van der Waals surface area contributed by atoms with Gasteiger partial charge in [-0.05, 0) is 6.92 Å². The van der Waals surface area contributed by atoms with E-state index in [0.717, 1.165) is 0 Å². The molecule has 0 bridgehead atoms. The molecule has 0 saturated carbocycles. The Hall–Kier alpha value is -0.370. The Morgan fingerprint density at radius 1 is 2.00 bits per heavy atom. The molecular weight excluding hydrogens is 80.0 g/mol. The van der Waals surface area contributed by atoms with Crippen molar-refractivity contribution in [3.05, 3.63) is 6.79 Å². The molecule has 0 unspecified atom stereocenters. The Labute approximate surface area is 37.4 Å². The molecule has 2 nitrogen and oxygen atoms in total. The van der Waals surface area contributed by atoms with Crippen LogP contribution in [0.4, 0.5) is 0 Å². The maximum Gasteiger partial charge on any atom is 0.498 e. The van der Waals surface area contributed by atoms with Gasteiger partial charge >= 0.3 is 6.79 Å². The molecule has 0 aromatic carbocycles. The van der Waals surface area contributed by atoms with E-state index in [1.165, 1.54) is 6.79 Å². The molecule has 35 valence electrons. The summed E-state index contributed by atoms with van der Waals surface area (Å²) in [6.07, 6.45) is 0. The van der Waals surface area contributed by atoms with Crippen LogP contribution < -0.4 is 0 Å². The van der Waals surface area contributed by atoms with E-state index in [-0.39, 0.29) is 0 Å². The third-order valence-electron chi connectivity index (χ3n) is 0.303. The van der Waals surface area contributed by atoms with Crippen LogP contribution in [0.5, 0.6) is 0 Å². The van der Waals surface area contributed by atoms with Gasteiger partial charge in [0.2, 0.25) is 0 Å². The van der Waals surface area contributed by atoms with Crippen LogP contribution in [0, 0.1) is 6.79 Å². The molecule has 0 atom stereocenters. The van der Waals surface area contributed by atoms with E-state index in [2.05, 4.69) is 16.0 Å². The van der Waals surface area contributed by atoms with Crippen LogP contribution in [0.25, 0.3) is 0 Å². The molecule has 2 heteroatoms. The first kappa shape index (κ1) is 5.63. The lowest BCUT2D eigenvalue weighted by Crippen LogP contribution is -1.82. The van der Waals surface area contributed by atoms with Crippen molar-refractivity contribution in [2.24, 2.45) is 0 Å². The monoisotopic (exact) mass is 88.1 g/mol. The van der Waals surface area contributed by atoms with Crippen molar-refractivity contribution in [3.63, 3.8) is 0 Å². The second kappa shape index (κ2) is 4.63. The first-order valence-electron chi connectivity index (χ1n) is 1.76. The predicted octanol–water partition coefficient (Wildman–Crippen LogP) is 0.507. The Balaban J connectivity index is 2.49. The third kappa shape index (κ3) is 3.63. The quantitative estimate of drug-likeness (QED) is 0.363. The average molecular weight is 88.1 g/mol. The maximum atomic E-state index is 4.57. The summed E-state index contributed by atoms with van der Waals surface area (Å²) in [5, 5.41) is 0. The topological polar surface area (TPSA) is 20.5 Å². The lowest BCUT2D eigenvalue weighted by Gasteiger charge is -1.76. The van der Waals surface area contributed by atoms with Crippen LogP contribution in [0.15, 0.2) is 0 Å². The van der Waals surface area contributed by atoms with Gasteiger partial charge in [-0.3, -0.25) is 4.74 Å². The van der Waals surface area contributed by atoms with Gasteiger partial charge in [0.1, 0.15) is 0 Å². The fraction of sp³-hybridized carbons (Fsp3) is 0.500. The lowest BCUT2D eigenvalue weighted by molar-refractivity contribution is -0.444. The molecule has 6 heavy (non-hydrogen) atoms. The lowest BCUT2D eigenvalue weighted by atomic mass is 10.9. The molecular formula is C4H8O2+. The molecule has 0 rings (SSSR count). The van der Waals surface area contributed by atoms with E-state index < -0.39 is 0 Å². The Morgan fingerprint density at radius 3 is 2.83 bits per heavy atom. The van der Waals surface area contributed by atoms with Crippen LogP contribution in [0.1, 0.15) is 6.92 Å². The summed E-state index contributed by atoms with van der Waals surface area (Å²) in [6.45, 7) is 6.74. The standard InChI is InChI=1S/C4H8O2/c1-3-6-4-5-2/h4H,2-3H2,1H3/q+1. The molecule has 0 aliphatic heterocycles. The first-order chi connectivity index (χ1) is 2.91. The van der Waals surface area contributed by atoms with Crippen molar-refractivity contribution in [1.29, 1.82) is 0 Å². The number of ether oxygens (including phenoxy) is 1. The molecule has 0 aromatic heterocycles. The van der Waals surface area contributed by atoms with Crippen molar-refractivity contribution in [3.8, 4) is 0 Å². The van der Waals surface area contributed by atoms with E-state index in [4.69, 9.17) is 0 Å². The fourth-order valence-corrected chi connectivity index (χ4v) is 0.116. The fourth-order valence-electron chi connectivity index (χ4n) is 0.116. The molecule has 0 saturated heterocycles. The van der Waals surface area contributed by atoms with Gasteiger partial charge in [0, 0.05) is 0 Å².